The van der Waals surface area contributed by atoms with Crippen molar-refractivity contribution < 1.29 is 9.59 Å². The number of fused-ring (bicyclic) bond motifs is 1. The highest BCUT2D eigenvalue weighted by Crippen LogP contribution is 2.25. The van der Waals surface area contributed by atoms with Crippen molar-refractivity contribution in [2.24, 2.45) is 0 Å². The lowest BCUT2D eigenvalue weighted by molar-refractivity contribution is -0.116. The lowest BCUT2D eigenvalue weighted by atomic mass is 9.96. The zero-order valence-corrected chi connectivity index (χ0v) is 13.2. The average Bonchev–Trinajstić information content (AvgIpc) is 2.45. The fourth-order valence-electron chi connectivity index (χ4n) is 2.56. The molecule has 0 unspecified atom stereocenters. The number of aryl methyl sites for hydroxylation is 2. The predicted octanol–water partition coefficient (Wildman–Crippen LogP) is 3.87. The summed E-state index contributed by atoms with van der Waals surface area (Å²) in [5.41, 5.74) is 4.20. The van der Waals surface area contributed by atoms with Crippen LogP contribution in [0.5, 0.6) is 0 Å². The fourth-order valence-corrected chi connectivity index (χ4v) is 3.17. The first kappa shape index (κ1) is 14.0. The molecule has 2 aromatic carbocycles. The molecule has 1 aliphatic heterocycles. The Morgan fingerprint density at radius 1 is 1.10 bits per heavy atom. The third-order valence-corrected chi connectivity index (χ3v) is 4.03. The molecule has 21 heavy (non-hydrogen) atoms. The molecule has 106 valence electrons. The van der Waals surface area contributed by atoms with Crippen molar-refractivity contribution in [1.82, 2.24) is 0 Å². The van der Waals surface area contributed by atoms with E-state index in [0.717, 1.165) is 21.3 Å². The highest BCUT2D eigenvalue weighted by atomic mass is 79.9. The summed E-state index contributed by atoms with van der Waals surface area (Å²) >= 11 is 3.42. The normalized spacial score (nSPS) is 13.5. The quantitative estimate of drug-likeness (QED) is 0.841. The summed E-state index contributed by atoms with van der Waals surface area (Å²) in [5, 5.41) is 2.83. The Hall–Kier alpha value is -1.94. The molecule has 1 N–H and O–H groups in total. The van der Waals surface area contributed by atoms with Gasteiger partial charge < -0.3 is 5.32 Å². The van der Waals surface area contributed by atoms with Crippen LogP contribution in [-0.2, 0) is 11.2 Å². The predicted molar refractivity (Wildman–Crippen MR) is 85.7 cm³/mol. The summed E-state index contributed by atoms with van der Waals surface area (Å²) in [6.07, 6.45) is 1.15. The third-order valence-electron chi connectivity index (χ3n) is 3.57. The average molecular weight is 344 g/mol. The summed E-state index contributed by atoms with van der Waals surface area (Å²) in [6.45, 7) is 1.96. The molecule has 3 nitrogen and oxygen atoms in total. The lowest BCUT2D eigenvalue weighted by Crippen LogP contribution is -2.19. The van der Waals surface area contributed by atoms with E-state index >= 15 is 0 Å². The van der Waals surface area contributed by atoms with Crippen LogP contribution in [0.15, 0.2) is 40.9 Å². The van der Waals surface area contributed by atoms with Crippen molar-refractivity contribution in [2.45, 2.75) is 19.8 Å². The Balaban J connectivity index is 1.97. The molecule has 0 aliphatic carbocycles. The Morgan fingerprint density at radius 3 is 2.67 bits per heavy atom. The standard InChI is InChI=1S/C17H14BrNO2/c1-10-6-13(9-14(18)7-10)17(21)12-2-4-15-11(8-12)3-5-16(20)19-15/h2,4,6-9H,3,5H2,1H3,(H,19,20). The molecule has 0 spiro atoms. The lowest BCUT2D eigenvalue weighted by Gasteiger charge is -2.17. The number of nitrogens with one attached hydrogen (secondary N) is 1. The highest BCUT2D eigenvalue weighted by Gasteiger charge is 2.17. The molecule has 0 bridgehead atoms. The first-order valence-corrected chi connectivity index (χ1v) is 7.57. The molecular formula is C17H14BrNO2. The van der Waals surface area contributed by atoms with E-state index in [1.165, 1.54) is 0 Å². The van der Waals surface area contributed by atoms with Gasteiger partial charge in [0, 0.05) is 27.7 Å². The van der Waals surface area contributed by atoms with Gasteiger partial charge >= 0.3 is 0 Å². The van der Waals surface area contributed by atoms with Crippen LogP contribution in [0.4, 0.5) is 5.69 Å². The zero-order chi connectivity index (χ0) is 15.0. The van der Waals surface area contributed by atoms with Gasteiger partial charge in [-0.3, -0.25) is 9.59 Å². The molecule has 3 rings (SSSR count). The van der Waals surface area contributed by atoms with Gasteiger partial charge in [-0.05, 0) is 60.9 Å². The van der Waals surface area contributed by atoms with Crippen LogP contribution in [0.1, 0.15) is 33.5 Å². The molecule has 2 aromatic rings. The van der Waals surface area contributed by atoms with E-state index in [-0.39, 0.29) is 11.7 Å². The minimum absolute atomic E-state index is 0.000833. The van der Waals surface area contributed by atoms with E-state index in [2.05, 4.69) is 21.2 Å². The minimum Gasteiger partial charge on any atom is -0.326 e. The van der Waals surface area contributed by atoms with E-state index in [1.807, 2.05) is 37.3 Å². The number of ketones is 1. The molecular weight excluding hydrogens is 330 g/mol. The van der Waals surface area contributed by atoms with E-state index < -0.39 is 0 Å². The van der Waals surface area contributed by atoms with Crippen LogP contribution < -0.4 is 5.32 Å². The van der Waals surface area contributed by atoms with E-state index in [9.17, 15) is 9.59 Å². The second kappa shape index (κ2) is 5.45. The highest BCUT2D eigenvalue weighted by molar-refractivity contribution is 9.10. The second-order valence-corrected chi connectivity index (χ2v) is 6.18. The number of carbonyl (C=O) groups is 2. The summed E-state index contributed by atoms with van der Waals surface area (Å²) in [5.74, 6) is 0.0308. The van der Waals surface area contributed by atoms with Crippen LogP contribution in [0.25, 0.3) is 0 Å². The van der Waals surface area contributed by atoms with Gasteiger partial charge in [0.25, 0.3) is 0 Å². The molecule has 0 saturated heterocycles. The Morgan fingerprint density at radius 2 is 1.90 bits per heavy atom. The Labute approximate surface area is 131 Å². The summed E-state index contributed by atoms with van der Waals surface area (Å²) in [4.78, 5) is 24.0. The number of hydrogen-bond donors (Lipinski definition) is 1. The van der Waals surface area contributed by atoms with Crippen molar-refractivity contribution in [1.29, 1.82) is 0 Å². The van der Waals surface area contributed by atoms with Gasteiger partial charge in [-0.2, -0.15) is 0 Å². The van der Waals surface area contributed by atoms with Crippen molar-refractivity contribution in [3.05, 3.63) is 63.1 Å². The van der Waals surface area contributed by atoms with Gasteiger partial charge in [0.15, 0.2) is 5.78 Å². The monoisotopic (exact) mass is 343 g/mol. The van der Waals surface area contributed by atoms with Gasteiger partial charge in [-0.25, -0.2) is 0 Å². The van der Waals surface area contributed by atoms with Crippen molar-refractivity contribution in [3.63, 3.8) is 0 Å². The zero-order valence-electron chi connectivity index (χ0n) is 11.6. The van der Waals surface area contributed by atoms with Crippen molar-refractivity contribution in [3.8, 4) is 0 Å². The number of benzene rings is 2. The molecule has 4 heteroatoms. The van der Waals surface area contributed by atoms with Crippen LogP contribution in [0.3, 0.4) is 0 Å². The Bertz CT molecular complexity index is 732. The number of halogens is 1. The fraction of sp³-hybridized carbons (Fsp3) is 0.176. The van der Waals surface area contributed by atoms with Gasteiger partial charge in [0.1, 0.15) is 0 Å². The molecule has 0 radical (unpaired) electrons. The smallest absolute Gasteiger partial charge is 0.224 e. The van der Waals surface area contributed by atoms with Gasteiger partial charge in [-0.1, -0.05) is 15.9 Å². The van der Waals surface area contributed by atoms with E-state index in [1.54, 1.807) is 6.07 Å². The molecule has 0 aromatic heterocycles. The second-order valence-electron chi connectivity index (χ2n) is 5.27. The SMILES string of the molecule is Cc1cc(Br)cc(C(=O)c2ccc3c(c2)CCC(=O)N3)c1. The van der Waals surface area contributed by atoms with Gasteiger partial charge in [0.2, 0.25) is 5.91 Å². The van der Waals surface area contributed by atoms with E-state index in [4.69, 9.17) is 0 Å². The minimum atomic E-state index is -0.000833. The molecule has 0 fully saturated rings. The van der Waals surface area contributed by atoms with Crippen LogP contribution in [0, 0.1) is 6.92 Å². The van der Waals surface area contributed by atoms with Crippen LogP contribution in [-0.4, -0.2) is 11.7 Å². The first-order chi connectivity index (χ1) is 10.0. The number of carbonyl (C=O) groups excluding carboxylic acids is 2. The van der Waals surface area contributed by atoms with Crippen molar-refractivity contribution >= 4 is 33.3 Å². The number of hydrogen-bond acceptors (Lipinski definition) is 2. The maximum atomic E-state index is 12.6. The topological polar surface area (TPSA) is 46.2 Å². The maximum Gasteiger partial charge on any atom is 0.224 e. The molecule has 1 amide bonds. The van der Waals surface area contributed by atoms with Crippen molar-refractivity contribution in [2.75, 3.05) is 5.32 Å². The molecule has 1 aliphatic rings. The number of rotatable bonds is 2. The van der Waals surface area contributed by atoms with Crippen LogP contribution >= 0.6 is 15.9 Å². The van der Waals surface area contributed by atoms with Gasteiger partial charge in [-0.15, -0.1) is 0 Å². The maximum absolute atomic E-state index is 12.6. The summed E-state index contributed by atoms with van der Waals surface area (Å²) < 4.78 is 0.899. The third kappa shape index (κ3) is 2.90. The number of amides is 1. The molecule has 0 atom stereocenters. The van der Waals surface area contributed by atoms with E-state index in [0.29, 0.717) is 24.0 Å². The molecule has 1 heterocycles. The summed E-state index contributed by atoms with van der Waals surface area (Å²) in [6, 6.07) is 11.1. The van der Waals surface area contributed by atoms with Crippen LogP contribution in [0.2, 0.25) is 0 Å². The first-order valence-electron chi connectivity index (χ1n) is 6.77. The largest absolute Gasteiger partial charge is 0.326 e. The number of anilines is 1. The summed E-state index contributed by atoms with van der Waals surface area (Å²) in [7, 11) is 0. The Kier molecular flexibility index (Phi) is 3.64. The van der Waals surface area contributed by atoms with Gasteiger partial charge in [0.05, 0.1) is 0 Å². The molecule has 0 saturated carbocycles.